The van der Waals surface area contributed by atoms with E-state index >= 15 is 0 Å². The summed E-state index contributed by atoms with van der Waals surface area (Å²) in [6.45, 7) is 3.57. The molecule has 2 N–H and O–H groups in total. The molecule has 2 saturated heterocycles. The van der Waals surface area contributed by atoms with Crippen molar-refractivity contribution in [2.45, 2.75) is 38.3 Å². The number of hydrogen-bond donors (Lipinski definition) is 2. The van der Waals surface area contributed by atoms with Crippen molar-refractivity contribution in [2.24, 2.45) is 0 Å². The van der Waals surface area contributed by atoms with E-state index in [1.807, 2.05) is 12.1 Å². The van der Waals surface area contributed by atoms with Gasteiger partial charge in [-0.05, 0) is 24.6 Å². The molecule has 12 heteroatoms. The first-order valence-corrected chi connectivity index (χ1v) is 10.7. The van der Waals surface area contributed by atoms with Gasteiger partial charge in [-0.3, -0.25) is 4.79 Å². The van der Waals surface area contributed by atoms with Crippen molar-refractivity contribution in [3.8, 4) is 11.3 Å². The molecule has 176 valence electrons. The molecule has 1 amide bonds. The van der Waals surface area contributed by atoms with Crippen LogP contribution < -0.4 is 15.5 Å². The van der Waals surface area contributed by atoms with Gasteiger partial charge in [-0.2, -0.15) is 8.78 Å². The van der Waals surface area contributed by atoms with E-state index in [1.54, 1.807) is 6.07 Å². The second kappa shape index (κ2) is 8.52. The third-order valence-corrected chi connectivity index (χ3v) is 5.64. The number of anilines is 4. The number of pyridine rings is 1. The first kappa shape index (κ1) is 22.0. The molecule has 3 aromatic rings. The normalized spacial score (nSPS) is 19.4. The number of halogens is 2. The summed E-state index contributed by atoms with van der Waals surface area (Å²) in [5.41, 5.74) is 1.53. The molecule has 2 aliphatic rings. The van der Waals surface area contributed by atoms with Crippen molar-refractivity contribution in [3.05, 3.63) is 42.5 Å². The van der Waals surface area contributed by atoms with Crippen molar-refractivity contribution >= 4 is 29.0 Å². The number of morpholine rings is 1. The highest BCUT2D eigenvalue weighted by Crippen LogP contribution is 2.34. The number of ether oxygens (including phenoxy) is 1. The molecule has 0 aliphatic carbocycles. The summed E-state index contributed by atoms with van der Waals surface area (Å²) in [5.74, 6) is -2.89. The maximum atomic E-state index is 13.7. The zero-order valence-electron chi connectivity index (χ0n) is 18.5. The Labute approximate surface area is 193 Å². The van der Waals surface area contributed by atoms with Gasteiger partial charge in [-0.1, -0.05) is 0 Å². The zero-order valence-corrected chi connectivity index (χ0v) is 18.5. The van der Waals surface area contributed by atoms with Gasteiger partial charge in [0.05, 0.1) is 30.1 Å². The molecule has 3 aromatic heterocycles. The third kappa shape index (κ3) is 4.49. The lowest BCUT2D eigenvalue weighted by molar-refractivity contribution is -0.114. The molecule has 0 unspecified atom stereocenters. The van der Waals surface area contributed by atoms with Crippen LogP contribution in [-0.4, -0.2) is 56.4 Å². The van der Waals surface area contributed by atoms with Crippen LogP contribution in [0.5, 0.6) is 0 Å². The Bertz CT molecular complexity index is 1220. The number of aromatic nitrogens is 5. The number of carbonyl (C=O) groups excluding carboxylic acids is 1. The van der Waals surface area contributed by atoms with E-state index in [-0.39, 0.29) is 23.6 Å². The number of rotatable bonds is 6. The van der Waals surface area contributed by atoms with Crippen LogP contribution in [0.1, 0.15) is 26.1 Å². The van der Waals surface area contributed by atoms with Gasteiger partial charge in [0.2, 0.25) is 11.7 Å². The number of amides is 1. The molecule has 0 aromatic carbocycles. The van der Waals surface area contributed by atoms with E-state index in [1.165, 1.54) is 25.4 Å². The Morgan fingerprint density at radius 3 is 2.71 bits per heavy atom. The Morgan fingerprint density at radius 1 is 1.21 bits per heavy atom. The van der Waals surface area contributed by atoms with Gasteiger partial charge >= 0.3 is 5.92 Å². The van der Waals surface area contributed by atoms with E-state index in [4.69, 9.17) is 4.74 Å². The lowest BCUT2D eigenvalue weighted by Crippen LogP contribution is -2.37. The highest BCUT2D eigenvalue weighted by Gasteiger charge is 2.39. The maximum Gasteiger partial charge on any atom is 0.303 e. The molecule has 2 aliphatic heterocycles. The Balaban J connectivity index is 1.46. The molecular weight excluding hydrogens is 446 g/mol. The van der Waals surface area contributed by atoms with Gasteiger partial charge in [0.1, 0.15) is 11.6 Å². The van der Waals surface area contributed by atoms with Crippen LogP contribution in [0, 0.1) is 0 Å². The molecule has 0 radical (unpaired) electrons. The van der Waals surface area contributed by atoms with Crippen molar-refractivity contribution in [1.29, 1.82) is 0 Å². The van der Waals surface area contributed by atoms with Gasteiger partial charge in [-0.25, -0.2) is 15.0 Å². The molecule has 5 rings (SSSR count). The lowest BCUT2D eigenvalue weighted by Gasteiger charge is -2.27. The summed E-state index contributed by atoms with van der Waals surface area (Å²) in [5, 5.41) is 14.4. The van der Waals surface area contributed by atoms with Crippen molar-refractivity contribution in [2.75, 3.05) is 28.7 Å². The topological polar surface area (TPSA) is 118 Å². The molecule has 5 heterocycles. The molecule has 2 fully saturated rings. The number of carbonyl (C=O) groups is 1. The first-order chi connectivity index (χ1) is 16.3. The molecule has 2 bridgehead atoms. The fraction of sp³-hybridized carbons (Fsp3) is 0.364. The van der Waals surface area contributed by atoms with Crippen molar-refractivity contribution in [3.63, 3.8) is 0 Å². The average Bonchev–Trinajstić information content (AvgIpc) is 3.43. The second-order valence-electron chi connectivity index (χ2n) is 8.35. The number of nitrogens with zero attached hydrogens (tertiary/aromatic N) is 6. The van der Waals surface area contributed by atoms with Crippen LogP contribution >= 0.6 is 0 Å². The smallest absolute Gasteiger partial charge is 0.303 e. The molecular formula is C22H22F2N8O2. The van der Waals surface area contributed by atoms with Crippen LogP contribution in [-0.2, 0) is 15.5 Å². The van der Waals surface area contributed by atoms with E-state index in [0.29, 0.717) is 29.6 Å². The number of alkyl halides is 2. The SMILES string of the molecule is CC(=O)Nc1cc(Nc2ccnc(C(C)(F)F)n2)c(-c2ccc(N3C[C@H]4C[C@@H]3CO4)nn2)cn1. The standard InChI is InChI=1S/C22H22F2N8O2/c1-12(33)27-19-8-17(28-18-5-6-25-21(29-18)22(2,23)24)15(9-26-19)16-3-4-20(31-30-16)32-10-14-7-13(32)11-34-14/h3-6,8-9,13-14H,7,10-11H2,1-2H3,(H2,25,26,27,28,29,33)/t13-,14-/m1/s1. The summed E-state index contributed by atoms with van der Waals surface area (Å²) in [4.78, 5) is 25.5. The van der Waals surface area contributed by atoms with E-state index < -0.39 is 11.7 Å². The monoisotopic (exact) mass is 468 g/mol. The minimum absolute atomic E-state index is 0.158. The van der Waals surface area contributed by atoms with Crippen molar-refractivity contribution < 1.29 is 18.3 Å². The fourth-order valence-electron chi connectivity index (χ4n) is 4.09. The summed E-state index contributed by atoms with van der Waals surface area (Å²) in [7, 11) is 0. The quantitative estimate of drug-likeness (QED) is 0.562. The van der Waals surface area contributed by atoms with Crippen LogP contribution in [0.25, 0.3) is 11.3 Å². The molecule has 0 saturated carbocycles. The zero-order chi connectivity index (χ0) is 23.9. The predicted molar refractivity (Wildman–Crippen MR) is 120 cm³/mol. The molecule has 34 heavy (non-hydrogen) atoms. The van der Waals surface area contributed by atoms with Gasteiger partial charge < -0.3 is 20.3 Å². The molecule has 0 spiro atoms. The van der Waals surface area contributed by atoms with E-state index in [9.17, 15) is 13.6 Å². The number of fused-ring (bicyclic) bond motifs is 2. The van der Waals surface area contributed by atoms with E-state index in [0.717, 1.165) is 25.7 Å². The van der Waals surface area contributed by atoms with Gasteiger partial charge in [-0.15, -0.1) is 10.2 Å². The van der Waals surface area contributed by atoms with Crippen LogP contribution in [0.4, 0.5) is 31.9 Å². The highest BCUT2D eigenvalue weighted by molar-refractivity contribution is 5.89. The maximum absolute atomic E-state index is 13.7. The Hall–Kier alpha value is -3.80. The third-order valence-electron chi connectivity index (χ3n) is 5.64. The summed E-state index contributed by atoms with van der Waals surface area (Å²) < 4.78 is 33.1. The average molecular weight is 468 g/mol. The number of hydrogen-bond acceptors (Lipinski definition) is 9. The molecule has 2 atom stereocenters. The lowest BCUT2D eigenvalue weighted by atomic mass is 10.1. The Kier molecular flexibility index (Phi) is 5.52. The first-order valence-electron chi connectivity index (χ1n) is 10.7. The van der Waals surface area contributed by atoms with Crippen LogP contribution in [0.15, 0.2) is 36.7 Å². The fourth-order valence-corrected chi connectivity index (χ4v) is 4.09. The minimum atomic E-state index is -3.19. The Morgan fingerprint density at radius 2 is 2.06 bits per heavy atom. The summed E-state index contributed by atoms with van der Waals surface area (Å²) >= 11 is 0. The summed E-state index contributed by atoms with van der Waals surface area (Å²) in [6, 6.07) is 7.06. The van der Waals surface area contributed by atoms with E-state index in [2.05, 4.69) is 40.7 Å². The predicted octanol–water partition coefficient (Wildman–Crippen LogP) is 3.12. The second-order valence-corrected chi connectivity index (χ2v) is 8.35. The van der Waals surface area contributed by atoms with Crippen LogP contribution in [0.2, 0.25) is 0 Å². The van der Waals surface area contributed by atoms with Crippen molar-refractivity contribution in [1.82, 2.24) is 25.1 Å². The highest BCUT2D eigenvalue weighted by atomic mass is 19.3. The van der Waals surface area contributed by atoms with Gasteiger partial charge in [0.15, 0.2) is 5.82 Å². The van der Waals surface area contributed by atoms with Gasteiger partial charge in [0, 0.05) is 44.4 Å². The minimum Gasteiger partial charge on any atom is -0.374 e. The summed E-state index contributed by atoms with van der Waals surface area (Å²) in [6.07, 6.45) is 4.00. The van der Waals surface area contributed by atoms with Crippen LogP contribution in [0.3, 0.4) is 0 Å². The largest absolute Gasteiger partial charge is 0.374 e. The molecule has 10 nitrogen and oxygen atoms in total. The number of nitrogens with one attached hydrogen (secondary N) is 2. The van der Waals surface area contributed by atoms with Gasteiger partial charge in [0.25, 0.3) is 0 Å².